The first-order valence-electron chi connectivity index (χ1n) is 4.98. The molecule has 1 rings (SSSR count). The van der Waals surface area contributed by atoms with Gasteiger partial charge in [-0.05, 0) is 19.5 Å². The quantitative estimate of drug-likeness (QED) is 0.760. The van der Waals surface area contributed by atoms with Gasteiger partial charge in [0.05, 0.1) is 13.0 Å². The van der Waals surface area contributed by atoms with Crippen LogP contribution in [-0.2, 0) is 9.53 Å². The summed E-state index contributed by atoms with van der Waals surface area (Å²) in [5.74, 6) is -0.421. The molecule has 0 aliphatic heterocycles. The Kier molecular flexibility index (Phi) is 4.31. The molecule has 0 amide bonds. The first kappa shape index (κ1) is 11.7. The molecule has 82 valence electrons. The van der Waals surface area contributed by atoms with E-state index in [4.69, 9.17) is 4.74 Å². The van der Waals surface area contributed by atoms with Crippen molar-refractivity contribution in [2.45, 2.75) is 12.8 Å². The predicted molar refractivity (Wildman–Crippen MR) is 59.9 cm³/mol. The zero-order valence-electron chi connectivity index (χ0n) is 9.41. The number of esters is 1. The van der Waals surface area contributed by atoms with E-state index in [9.17, 15) is 4.79 Å². The van der Waals surface area contributed by atoms with E-state index in [1.165, 1.54) is 7.11 Å². The van der Waals surface area contributed by atoms with Gasteiger partial charge in [0.15, 0.2) is 0 Å². The number of aryl methyl sites for hydroxylation is 1. The number of ether oxygens (including phenoxy) is 1. The molecule has 1 N–H and O–H groups in total. The topological polar surface area (TPSA) is 38.3 Å². The maximum atomic E-state index is 11.6. The molecule has 3 heteroatoms. The maximum Gasteiger partial charge on any atom is 0.314 e. The van der Waals surface area contributed by atoms with Gasteiger partial charge in [-0.2, -0.15) is 0 Å². The van der Waals surface area contributed by atoms with Crippen molar-refractivity contribution < 1.29 is 9.53 Å². The Morgan fingerprint density at radius 1 is 1.53 bits per heavy atom. The van der Waals surface area contributed by atoms with Crippen molar-refractivity contribution in [2.75, 3.05) is 20.7 Å². The van der Waals surface area contributed by atoms with Crippen molar-refractivity contribution in [3.8, 4) is 0 Å². The summed E-state index contributed by atoms with van der Waals surface area (Å²) in [6.07, 6.45) is 0. The van der Waals surface area contributed by atoms with Crippen LogP contribution in [0, 0.1) is 6.92 Å². The van der Waals surface area contributed by atoms with Crippen LogP contribution in [0.15, 0.2) is 24.3 Å². The van der Waals surface area contributed by atoms with E-state index in [-0.39, 0.29) is 11.9 Å². The molecule has 0 saturated heterocycles. The Labute approximate surface area is 90.4 Å². The smallest absolute Gasteiger partial charge is 0.314 e. The van der Waals surface area contributed by atoms with Crippen LogP contribution in [0.4, 0.5) is 0 Å². The van der Waals surface area contributed by atoms with E-state index in [2.05, 4.69) is 5.32 Å². The molecule has 0 aliphatic carbocycles. The number of hydrogen-bond acceptors (Lipinski definition) is 3. The minimum absolute atomic E-state index is 0.199. The molecular formula is C12H17NO2. The van der Waals surface area contributed by atoms with E-state index in [1.807, 2.05) is 38.2 Å². The lowest BCUT2D eigenvalue weighted by Gasteiger charge is -2.14. The Morgan fingerprint density at radius 2 is 2.27 bits per heavy atom. The van der Waals surface area contributed by atoms with Gasteiger partial charge in [0.2, 0.25) is 0 Å². The van der Waals surface area contributed by atoms with Gasteiger partial charge < -0.3 is 10.1 Å². The Morgan fingerprint density at radius 3 is 2.80 bits per heavy atom. The number of rotatable bonds is 4. The highest BCUT2D eigenvalue weighted by atomic mass is 16.5. The molecule has 0 spiro atoms. The normalized spacial score (nSPS) is 12.2. The fourth-order valence-electron chi connectivity index (χ4n) is 1.57. The molecule has 15 heavy (non-hydrogen) atoms. The predicted octanol–water partition coefficient (Wildman–Crippen LogP) is 1.47. The van der Waals surface area contributed by atoms with Crippen LogP contribution in [0.25, 0.3) is 0 Å². The van der Waals surface area contributed by atoms with Gasteiger partial charge in [0.25, 0.3) is 0 Å². The molecule has 0 fully saturated rings. The molecule has 0 saturated carbocycles. The average molecular weight is 207 g/mol. The van der Waals surface area contributed by atoms with E-state index in [0.717, 1.165) is 11.1 Å². The average Bonchev–Trinajstić information content (AvgIpc) is 2.25. The third kappa shape index (κ3) is 3.06. The Hall–Kier alpha value is -1.35. The number of likely N-dealkylation sites (N-methyl/N-ethyl adjacent to an activating group) is 1. The number of hydrogen-bond donors (Lipinski definition) is 1. The van der Waals surface area contributed by atoms with Gasteiger partial charge in [-0.3, -0.25) is 4.79 Å². The first-order chi connectivity index (χ1) is 7.19. The second-order valence-electron chi connectivity index (χ2n) is 3.55. The minimum atomic E-state index is -0.222. The molecule has 0 radical (unpaired) electrons. The first-order valence-corrected chi connectivity index (χ1v) is 4.98. The maximum absolute atomic E-state index is 11.6. The lowest BCUT2D eigenvalue weighted by atomic mass is 9.97. The van der Waals surface area contributed by atoms with Gasteiger partial charge in [0, 0.05) is 6.54 Å². The minimum Gasteiger partial charge on any atom is -0.469 e. The lowest BCUT2D eigenvalue weighted by molar-refractivity contribution is -0.142. The summed E-state index contributed by atoms with van der Waals surface area (Å²) in [6, 6.07) is 7.93. The van der Waals surface area contributed by atoms with E-state index >= 15 is 0 Å². The molecule has 0 aliphatic rings. The van der Waals surface area contributed by atoms with Crippen molar-refractivity contribution in [3.63, 3.8) is 0 Å². The third-order valence-corrected chi connectivity index (χ3v) is 2.34. The Bertz CT molecular complexity index is 336. The van der Waals surface area contributed by atoms with Crippen LogP contribution in [-0.4, -0.2) is 26.7 Å². The second-order valence-corrected chi connectivity index (χ2v) is 3.55. The van der Waals surface area contributed by atoms with Gasteiger partial charge in [-0.15, -0.1) is 0 Å². The number of carbonyl (C=O) groups is 1. The van der Waals surface area contributed by atoms with Crippen LogP contribution in [0.2, 0.25) is 0 Å². The molecule has 1 aromatic carbocycles. The van der Waals surface area contributed by atoms with Crippen LogP contribution >= 0.6 is 0 Å². The number of carbonyl (C=O) groups excluding carboxylic acids is 1. The molecule has 3 nitrogen and oxygen atoms in total. The monoisotopic (exact) mass is 207 g/mol. The van der Waals surface area contributed by atoms with Crippen LogP contribution in [0.5, 0.6) is 0 Å². The van der Waals surface area contributed by atoms with Gasteiger partial charge in [-0.25, -0.2) is 0 Å². The highest BCUT2D eigenvalue weighted by Gasteiger charge is 2.20. The molecule has 1 aromatic rings. The summed E-state index contributed by atoms with van der Waals surface area (Å²) in [4.78, 5) is 11.6. The van der Waals surface area contributed by atoms with Crippen molar-refractivity contribution in [1.29, 1.82) is 0 Å². The molecule has 1 unspecified atom stereocenters. The van der Waals surface area contributed by atoms with Gasteiger partial charge in [0.1, 0.15) is 0 Å². The zero-order valence-corrected chi connectivity index (χ0v) is 9.41. The summed E-state index contributed by atoms with van der Waals surface area (Å²) in [5.41, 5.74) is 2.15. The standard InChI is InChI=1S/C12H17NO2/c1-9-5-4-6-10(7-9)11(8-13-2)12(14)15-3/h4-7,11,13H,8H2,1-3H3. The fraction of sp³-hybridized carbons (Fsp3) is 0.417. The lowest BCUT2D eigenvalue weighted by Crippen LogP contribution is -2.25. The van der Waals surface area contributed by atoms with Gasteiger partial charge in [-0.1, -0.05) is 29.8 Å². The molecule has 0 aromatic heterocycles. The van der Waals surface area contributed by atoms with Crippen molar-refractivity contribution in [3.05, 3.63) is 35.4 Å². The number of benzene rings is 1. The molecule has 0 bridgehead atoms. The van der Waals surface area contributed by atoms with Crippen molar-refractivity contribution >= 4 is 5.97 Å². The highest BCUT2D eigenvalue weighted by Crippen LogP contribution is 2.17. The fourth-order valence-corrected chi connectivity index (χ4v) is 1.57. The summed E-state index contributed by atoms with van der Waals surface area (Å²) in [5, 5.41) is 3.00. The number of methoxy groups -OCH3 is 1. The van der Waals surface area contributed by atoms with Crippen LogP contribution in [0.1, 0.15) is 17.0 Å². The van der Waals surface area contributed by atoms with Crippen molar-refractivity contribution in [1.82, 2.24) is 5.32 Å². The van der Waals surface area contributed by atoms with Crippen molar-refractivity contribution in [2.24, 2.45) is 0 Å². The summed E-state index contributed by atoms with van der Waals surface area (Å²) in [6.45, 7) is 2.60. The largest absolute Gasteiger partial charge is 0.469 e. The second kappa shape index (κ2) is 5.51. The van der Waals surface area contributed by atoms with Gasteiger partial charge >= 0.3 is 5.97 Å². The van der Waals surface area contributed by atoms with E-state index < -0.39 is 0 Å². The summed E-state index contributed by atoms with van der Waals surface area (Å²) < 4.78 is 4.78. The molecule has 1 atom stereocenters. The molecule has 0 heterocycles. The Balaban J connectivity index is 2.93. The third-order valence-electron chi connectivity index (χ3n) is 2.34. The number of nitrogens with one attached hydrogen (secondary N) is 1. The summed E-state index contributed by atoms with van der Waals surface area (Å²) in [7, 11) is 3.24. The molecular weight excluding hydrogens is 190 g/mol. The van der Waals surface area contributed by atoms with E-state index in [0.29, 0.717) is 6.54 Å². The zero-order chi connectivity index (χ0) is 11.3. The highest BCUT2D eigenvalue weighted by molar-refractivity contribution is 5.78. The van der Waals surface area contributed by atoms with E-state index in [1.54, 1.807) is 0 Å². The summed E-state index contributed by atoms with van der Waals surface area (Å²) >= 11 is 0. The van der Waals surface area contributed by atoms with Crippen LogP contribution < -0.4 is 5.32 Å². The SMILES string of the molecule is CNCC(C(=O)OC)c1cccc(C)c1. The van der Waals surface area contributed by atoms with Crippen LogP contribution in [0.3, 0.4) is 0 Å².